The molecule has 8 heteroatoms. The van der Waals surface area contributed by atoms with E-state index in [0.717, 1.165) is 18.6 Å². The number of amides is 2. The van der Waals surface area contributed by atoms with Crippen LogP contribution in [-0.2, 0) is 14.3 Å². The molecule has 8 nitrogen and oxygen atoms in total. The molecule has 3 aliphatic heterocycles. The van der Waals surface area contributed by atoms with E-state index in [1.165, 1.54) is 0 Å². The van der Waals surface area contributed by atoms with E-state index in [1.54, 1.807) is 0 Å². The zero-order valence-electron chi connectivity index (χ0n) is 16.0. The topological polar surface area (TPSA) is 80.3 Å². The molecule has 4 rings (SSSR count). The first-order chi connectivity index (χ1) is 13.7. The highest BCUT2D eigenvalue weighted by atomic mass is 16.6. The van der Waals surface area contributed by atoms with Gasteiger partial charge in [0.2, 0.25) is 5.91 Å². The summed E-state index contributed by atoms with van der Waals surface area (Å²) in [7, 11) is 0. The highest BCUT2D eigenvalue weighted by Crippen LogP contribution is 2.30. The lowest BCUT2D eigenvalue weighted by molar-refractivity contribution is -0.142. The molecule has 1 aromatic carbocycles. The van der Waals surface area contributed by atoms with Gasteiger partial charge in [-0.1, -0.05) is 12.1 Å². The summed E-state index contributed by atoms with van der Waals surface area (Å²) in [5, 5.41) is 2.92. The number of nitrogens with one attached hydrogen (secondary N) is 1. The predicted molar refractivity (Wildman–Crippen MR) is 101 cm³/mol. The van der Waals surface area contributed by atoms with Crippen LogP contribution in [0.5, 0.6) is 11.5 Å². The number of hydrogen-bond donors (Lipinski definition) is 1. The van der Waals surface area contributed by atoms with Crippen LogP contribution in [0.4, 0.5) is 0 Å². The molecule has 0 aromatic heterocycles. The van der Waals surface area contributed by atoms with Crippen LogP contribution in [0.25, 0.3) is 0 Å². The normalized spacial score (nSPS) is 24.8. The van der Waals surface area contributed by atoms with Gasteiger partial charge in [-0.15, -0.1) is 0 Å². The van der Waals surface area contributed by atoms with Crippen molar-refractivity contribution in [2.45, 2.75) is 25.0 Å². The van der Waals surface area contributed by atoms with Crippen LogP contribution >= 0.6 is 0 Å². The van der Waals surface area contributed by atoms with Crippen molar-refractivity contribution in [2.75, 3.05) is 52.5 Å². The van der Waals surface area contributed by atoms with E-state index < -0.39 is 0 Å². The summed E-state index contributed by atoms with van der Waals surface area (Å²) >= 11 is 0. The molecule has 2 amide bonds. The van der Waals surface area contributed by atoms with E-state index in [0.29, 0.717) is 58.2 Å². The summed E-state index contributed by atoms with van der Waals surface area (Å²) in [6.07, 6.45) is 1.31. The molecular weight excluding hydrogens is 362 g/mol. The van der Waals surface area contributed by atoms with Gasteiger partial charge in [-0.25, -0.2) is 0 Å². The van der Waals surface area contributed by atoms with Crippen molar-refractivity contribution in [3.8, 4) is 11.5 Å². The fraction of sp³-hybridized carbons (Fsp3) is 0.600. The third-order valence-corrected chi connectivity index (χ3v) is 5.35. The number of piperazine rings is 1. The lowest BCUT2D eigenvalue weighted by Crippen LogP contribution is -2.53. The standard InChI is InChI=1S/C20H27N3O5/c24-19(21-12-15-14-27-16-4-1-2-5-17(16)28-15)13-22-7-9-23(10-8-22)20(25)18-6-3-11-26-18/h1-2,4-5,15,18H,3,6-14H2,(H,21,24). The number of para-hydroxylation sites is 2. The molecule has 1 N–H and O–H groups in total. The van der Waals surface area contributed by atoms with Gasteiger partial charge in [0.15, 0.2) is 11.5 Å². The van der Waals surface area contributed by atoms with Gasteiger partial charge >= 0.3 is 0 Å². The van der Waals surface area contributed by atoms with Crippen LogP contribution in [0.3, 0.4) is 0 Å². The SMILES string of the molecule is O=C(CN1CCN(C(=O)C2CCCO2)CC1)NCC1COc2ccccc2O1. The Morgan fingerprint density at radius 1 is 1.11 bits per heavy atom. The third-order valence-electron chi connectivity index (χ3n) is 5.35. The van der Waals surface area contributed by atoms with Crippen LogP contribution in [0.1, 0.15) is 12.8 Å². The van der Waals surface area contributed by atoms with Gasteiger partial charge in [0, 0.05) is 32.8 Å². The molecule has 2 fully saturated rings. The van der Waals surface area contributed by atoms with E-state index in [1.807, 2.05) is 29.2 Å². The fourth-order valence-corrected chi connectivity index (χ4v) is 3.75. The summed E-state index contributed by atoms with van der Waals surface area (Å²) in [6.45, 7) is 4.51. The lowest BCUT2D eigenvalue weighted by atomic mass is 10.2. The van der Waals surface area contributed by atoms with Gasteiger partial charge < -0.3 is 24.4 Å². The van der Waals surface area contributed by atoms with E-state index in [9.17, 15) is 9.59 Å². The van der Waals surface area contributed by atoms with Crippen LogP contribution in [0, 0.1) is 0 Å². The number of carbonyl (C=O) groups is 2. The number of benzene rings is 1. The minimum absolute atomic E-state index is 0.0404. The minimum atomic E-state index is -0.266. The molecule has 152 valence electrons. The minimum Gasteiger partial charge on any atom is -0.486 e. The van der Waals surface area contributed by atoms with Gasteiger partial charge in [-0.2, -0.15) is 0 Å². The molecule has 2 unspecified atom stereocenters. The van der Waals surface area contributed by atoms with Crippen LogP contribution in [0.2, 0.25) is 0 Å². The number of carbonyl (C=O) groups excluding carboxylic acids is 2. The summed E-state index contributed by atoms with van der Waals surface area (Å²) < 4.78 is 17.0. The van der Waals surface area contributed by atoms with Crippen LogP contribution < -0.4 is 14.8 Å². The highest BCUT2D eigenvalue weighted by molar-refractivity contribution is 5.81. The Kier molecular flexibility index (Phi) is 5.97. The molecule has 0 bridgehead atoms. The van der Waals surface area contributed by atoms with Gasteiger partial charge in [-0.05, 0) is 25.0 Å². The van der Waals surface area contributed by atoms with Gasteiger partial charge in [0.05, 0.1) is 13.1 Å². The average Bonchev–Trinajstić information content (AvgIpc) is 3.27. The molecular formula is C20H27N3O5. The Labute approximate surface area is 164 Å². The van der Waals surface area contributed by atoms with Crippen LogP contribution in [-0.4, -0.2) is 86.3 Å². The second-order valence-corrected chi connectivity index (χ2v) is 7.40. The van der Waals surface area contributed by atoms with Crippen molar-refractivity contribution in [3.05, 3.63) is 24.3 Å². The van der Waals surface area contributed by atoms with Gasteiger partial charge in [0.1, 0.15) is 18.8 Å². The summed E-state index contributed by atoms with van der Waals surface area (Å²) in [4.78, 5) is 28.6. The zero-order chi connectivity index (χ0) is 19.3. The average molecular weight is 389 g/mol. The van der Waals surface area contributed by atoms with Crippen molar-refractivity contribution >= 4 is 11.8 Å². The first kappa shape index (κ1) is 19.0. The summed E-state index contributed by atoms with van der Waals surface area (Å²) in [5.41, 5.74) is 0. The summed E-state index contributed by atoms with van der Waals surface area (Å²) in [5.74, 6) is 1.50. The Morgan fingerprint density at radius 2 is 1.89 bits per heavy atom. The first-order valence-electron chi connectivity index (χ1n) is 9.97. The molecule has 3 heterocycles. The molecule has 0 spiro atoms. The number of nitrogens with zero attached hydrogens (tertiary/aromatic N) is 2. The van der Waals surface area contributed by atoms with E-state index in [2.05, 4.69) is 10.2 Å². The van der Waals surface area contributed by atoms with Crippen molar-refractivity contribution < 1.29 is 23.8 Å². The number of ether oxygens (including phenoxy) is 3. The predicted octanol–water partition coefficient (Wildman–Crippen LogP) is 0.266. The van der Waals surface area contributed by atoms with Crippen molar-refractivity contribution in [1.29, 1.82) is 0 Å². The maximum atomic E-state index is 12.4. The fourth-order valence-electron chi connectivity index (χ4n) is 3.75. The number of fused-ring (bicyclic) bond motifs is 1. The smallest absolute Gasteiger partial charge is 0.251 e. The molecule has 1 aromatic rings. The highest BCUT2D eigenvalue weighted by Gasteiger charge is 2.30. The Bertz CT molecular complexity index is 699. The number of hydrogen-bond acceptors (Lipinski definition) is 6. The molecule has 28 heavy (non-hydrogen) atoms. The van der Waals surface area contributed by atoms with Crippen molar-refractivity contribution in [2.24, 2.45) is 0 Å². The Balaban J connectivity index is 1.16. The molecule has 0 aliphatic carbocycles. The summed E-state index contributed by atoms with van der Waals surface area (Å²) in [6, 6.07) is 7.53. The molecule has 0 radical (unpaired) electrons. The Hall–Kier alpha value is -2.32. The zero-order valence-corrected chi connectivity index (χ0v) is 16.0. The van der Waals surface area contributed by atoms with Crippen LogP contribution in [0.15, 0.2) is 24.3 Å². The quantitative estimate of drug-likeness (QED) is 0.779. The molecule has 3 aliphatic rings. The lowest BCUT2D eigenvalue weighted by Gasteiger charge is -2.35. The van der Waals surface area contributed by atoms with Crippen molar-refractivity contribution in [1.82, 2.24) is 15.1 Å². The monoisotopic (exact) mass is 389 g/mol. The molecule has 2 saturated heterocycles. The van der Waals surface area contributed by atoms with Gasteiger partial charge in [0.25, 0.3) is 5.91 Å². The Morgan fingerprint density at radius 3 is 2.64 bits per heavy atom. The van der Waals surface area contributed by atoms with Crippen molar-refractivity contribution in [3.63, 3.8) is 0 Å². The number of rotatable bonds is 5. The van der Waals surface area contributed by atoms with Gasteiger partial charge in [-0.3, -0.25) is 14.5 Å². The maximum absolute atomic E-state index is 12.4. The second kappa shape index (κ2) is 8.79. The molecule has 2 atom stereocenters. The van der Waals surface area contributed by atoms with E-state index in [-0.39, 0.29) is 24.0 Å². The second-order valence-electron chi connectivity index (χ2n) is 7.40. The third kappa shape index (κ3) is 4.56. The molecule has 0 saturated carbocycles. The largest absolute Gasteiger partial charge is 0.486 e. The maximum Gasteiger partial charge on any atom is 0.251 e. The first-order valence-corrected chi connectivity index (χ1v) is 9.97. The van der Waals surface area contributed by atoms with E-state index >= 15 is 0 Å². The van der Waals surface area contributed by atoms with E-state index in [4.69, 9.17) is 14.2 Å².